The number of likely N-dealkylation sites (tertiary alicyclic amines) is 1. The molecule has 1 amide bonds. The summed E-state index contributed by atoms with van der Waals surface area (Å²) < 4.78 is 3.04. The third-order valence-corrected chi connectivity index (χ3v) is 4.58. The average Bonchev–Trinajstić information content (AvgIpc) is 3.23. The van der Waals surface area contributed by atoms with Gasteiger partial charge < -0.3 is 9.88 Å². The first-order valence-corrected chi connectivity index (χ1v) is 8.00. The van der Waals surface area contributed by atoms with Gasteiger partial charge in [-0.25, -0.2) is 4.98 Å². The third kappa shape index (κ3) is 2.31. The molecule has 3 aromatic rings. The molecule has 0 spiro atoms. The van der Waals surface area contributed by atoms with E-state index in [0.717, 1.165) is 25.0 Å². The Morgan fingerprint density at radius 1 is 1.33 bits per heavy atom. The van der Waals surface area contributed by atoms with Gasteiger partial charge in [0.25, 0.3) is 11.5 Å². The molecule has 0 bridgehead atoms. The van der Waals surface area contributed by atoms with Crippen LogP contribution in [-0.4, -0.2) is 41.5 Å². The fraction of sp³-hybridized carbons (Fsp3) is 0.375. The smallest absolute Gasteiger partial charge is 0.272 e. The van der Waals surface area contributed by atoms with Crippen molar-refractivity contribution in [3.8, 4) is 0 Å². The lowest BCUT2D eigenvalue weighted by atomic mass is 9.98. The molecule has 0 aromatic carbocycles. The molecule has 8 heteroatoms. The van der Waals surface area contributed by atoms with Crippen molar-refractivity contribution in [3.63, 3.8) is 0 Å². The summed E-state index contributed by atoms with van der Waals surface area (Å²) >= 11 is 0. The number of piperidine rings is 1. The van der Waals surface area contributed by atoms with Crippen molar-refractivity contribution < 1.29 is 4.79 Å². The minimum absolute atomic E-state index is 0.0660. The Kier molecular flexibility index (Phi) is 3.44. The molecule has 8 nitrogen and oxygen atoms in total. The summed E-state index contributed by atoms with van der Waals surface area (Å²) in [6.45, 7) is 0.663. The second-order valence-electron chi connectivity index (χ2n) is 6.03. The van der Waals surface area contributed by atoms with Crippen LogP contribution < -0.4 is 5.56 Å². The minimum atomic E-state index is -0.157. The fourth-order valence-electron chi connectivity index (χ4n) is 3.35. The van der Waals surface area contributed by atoms with Gasteiger partial charge >= 0.3 is 0 Å². The number of carbonyl (C=O) groups excluding carboxylic acids is 1. The summed E-state index contributed by atoms with van der Waals surface area (Å²) in [6.07, 6.45) is 7.60. The Bertz CT molecular complexity index is 953. The number of imidazole rings is 1. The molecule has 4 heterocycles. The number of hydrogen-bond acceptors (Lipinski definition) is 4. The second-order valence-corrected chi connectivity index (χ2v) is 6.03. The van der Waals surface area contributed by atoms with Crippen molar-refractivity contribution in [1.29, 1.82) is 0 Å². The molecule has 0 aliphatic carbocycles. The van der Waals surface area contributed by atoms with Gasteiger partial charge in [-0.3, -0.25) is 18.7 Å². The Labute approximate surface area is 137 Å². The number of aryl methyl sites for hydroxylation is 1. The van der Waals surface area contributed by atoms with E-state index >= 15 is 0 Å². The van der Waals surface area contributed by atoms with E-state index in [1.807, 2.05) is 4.90 Å². The van der Waals surface area contributed by atoms with Gasteiger partial charge in [-0.2, -0.15) is 5.10 Å². The van der Waals surface area contributed by atoms with Gasteiger partial charge in [0.05, 0.1) is 6.04 Å². The summed E-state index contributed by atoms with van der Waals surface area (Å²) in [6, 6.07) is 3.12. The van der Waals surface area contributed by atoms with E-state index in [9.17, 15) is 9.59 Å². The first-order valence-electron chi connectivity index (χ1n) is 8.00. The van der Waals surface area contributed by atoms with Gasteiger partial charge in [0.1, 0.15) is 5.69 Å². The molecule has 1 unspecified atom stereocenters. The molecule has 1 N–H and O–H groups in total. The predicted molar refractivity (Wildman–Crippen MR) is 86.6 cm³/mol. The van der Waals surface area contributed by atoms with Gasteiger partial charge in [0.2, 0.25) is 5.78 Å². The molecular formula is C16H18N6O2. The van der Waals surface area contributed by atoms with Crippen LogP contribution in [0.4, 0.5) is 0 Å². The maximum absolute atomic E-state index is 12.9. The zero-order valence-electron chi connectivity index (χ0n) is 13.3. The van der Waals surface area contributed by atoms with Crippen molar-refractivity contribution in [3.05, 3.63) is 52.5 Å². The number of nitrogens with zero attached hydrogens (tertiary/aromatic N) is 5. The highest BCUT2D eigenvalue weighted by Crippen LogP contribution is 2.30. The van der Waals surface area contributed by atoms with E-state index in [1.54, 1.807) is 42.5 Å². The van der Waals surface area contributed by atoms with Gasteiger partial charge in [-0.05, 0) is 25.3 Å². The molecule has 1 saturated heterocycles. The fourth-order valence-corrected chi connectivity index (χ4v) is 3.35. The number of carbonyl (C=O) groups is 1. The Balaban J connectivity index is 1.74. The molecule has 1 aliphatic heterocycles. The number of aromatic nitrogens is 5. The number of hydrogen-bond donors (Lipinski definition) is 1. The molecule has 0 saturated carbocycles. The van der Waals surface area contributed by atoms with E-state index in [0.29, 0.717) is 18.0 Å². The number of aromatic amines is 1. The molecule has 24 heavy (non-hydrogen) atoms. The molecule has 1 atom stereocenters. The summed E-state index contributed by atoms with van der Waals surface area (Å²) in [5.41, 5.74) is 1.13. The SMILES string of the molecule is Cn1nccc1C(=O)N1CCCCC1c1cc(=O)n2ccnc2[nH]1. The highest BCUT2D eigenvalue weighted by molar-refractivity contribution is 5.92. The molecule has 0 radical (unpaired) electrons. The molecular weight excluding hydrogens is 308 g/mol. The first-order chi connectivity index (χ1) is 11.6. The molecule has 1 fully saturated rings. The van der Waals surface area contributed by atoms with Gasteiger partial charge in [0, 0.05) is 43.9 Å². The number of rotatable bonds is 2. The van der Waals surface area contributed by atoms with Crippen molar-refractivity contribution in [2.45, 2.75) is 25.3 Å². The highest BCUT2D eigenvalue weighted by atomic mass is 16.2. The normalized spacial score (nSPS) is 18.2. The van der Waals surface area contributed by atoms with Crippen LogP contribution in [-0.2, 0) is 7.05 Å². The zero-order chi connectivity index (χ0) is 16.7. The van der Waals surface area contributed by atoms with Crippen LogP contribution in [0, 0.1) is 0 Å². The first kappa shape index (κ1) is 14.7. The van der Waals surface area contributed by atoms with Crippen LogP contribution in [0.2, 0.25) is 0 Å². The molecule has 4 rings (SSSR count). The van der Waals surface area contributed by atoms with Gasteiger partial charge in [-0.1, -0.05) is 0 Å². The van der Waals surface area contributed by atoms with E-state index < -0.39 is 0 Å². The lowest BCUT2D eigenvalue weighted by Gasteiger charge is -2.35. The van der Waals surface area contributed by atoms with Crippen molar-refractivity contribution >= 4 is 11.7 Å². The van der Waals surface area contributed by atoms with E-state index in [1.165, 1.54) is 4.40 Å². The van der Waals surface area contributed by atoms with E-state index in [-0.39, 0.29) is 17.5 Å². The summed E-state index contributed by atoms with van der Waals surface area (Å²) in [4.78, 5) is 34.3. The topological polar surface area (TPSA) is 88.3 Å². The number of H-pyrrole nitrogens is 1. The van der Waals surface area contributed by atoms with Crippen molar-refractivity contribution in [2.24, 2.45) is 7.05 Å². The Morgan fingerprint density at radius 2 is 2.21 bits per heavy atom. The highest BCUT2D eigenvalue weighted by Gasteiger charge is 2.31. The number of nitrogens with one attached hydrogen (secondary N) is 1. The monoisotopic (exact) mass is 326 g/mol. The van der Waals surface area contributed by atoms with Crippen LogP contribution in [0.25, 0.3) is 5.78 Å². The van der Waals surface area contributed by atoms with Crippen LogP contribution in [0.15, 0.2) is 35.5 Å². The molecule has 124 valence electrons. The number of amides is 1. The largest absolute Gasteiger partial charge is 0.329 e. The maximum Gasteiger partial charge on any atom is 0.272 e. The zero-order valence-corrected chi connectivity index (χ0v) is 13.3. The van der Waals surface area contributed by atoms with E-state index in [2.05, 4.69) is 15.1 Å². The minimum Gasteiger partial charge on any atom is -0.329 e. The van der Waals surface area contributed by atoms with Gasteiger partial charge in [-0.15, -0.1) is 0 Å². The van der Waals surface area contributed by atoms with Crippen LogP contribution in [0.5, 0.6) is 0 Å². The summed E-state index contributed by atoms with van der Waals surface area (Å²) in [5.74, 6) is 0.430. The Morgan fingerprint density at radius 3 is 3.00 bits per heavy atom. The van der Waals surface area contributed by atoms with Gasteiger partial charge in [0.15, 0.2) is 0 Å². The average molecular weight is 326 g/mol. The standard InChI is InChI=1S/C16H18N6O2/c1-20-13(5-6-18-20)15(24)21-8-3-2-4-12(21)11-10-14(23)22-9-7-17-16(22)19-11/h5-7,9-10,12H,2-4,8H2,1H3,(H,17,19). The lowest BCUT2D eigenvalue weighted by molar-refractivity contribution is 0.0594. The third-order valence-electron chi connectivity index (χ3n) is 4.58. The van der Waals surface area contributed by atoms with Crippen LogP contribution >= 0.6 is 0 Å². The maximum atomic E-state index is 12.9. The Hall–Kier alpha value is -2.90. The van der Waals surface area contributed by atoms with Crippen LogP contribution in [0.3, 0.4) is 0 Å². The quantitative estimate of drug-likeness (QED) is 0.764. The molecule has 3 aromatic heterocycles. The van der Waals surface area contributed by atoms with Crippen molar-refractivity contribution in [1.82, 2.24) is 29.0 Å². The van der Waals surface area contributed by atoms with Crippen molar-refractivity contribution in [2.75, 3.05) is 6.54 Å². The predicted octanol–water partition coefficient (Wildman–Crippen LogP) is 1.12. The summed E-state index contributed by atoms with van der Waals surface area (Å²) in [5, 5.41) is 4.08. The second kappa shape index (κ2) is 5.63. The lowest BCUT2D eigenvalue weighted by Crippen LogP contribution is -2.40. The molecule has 1 aliphatic rings. The summed E-state index contributed by atoms with van der Waals surface area (Å²) in [7, 11) is 1.75. The van der Waals surface area contributed by atoms with E-state index in [4.69, 9.17) is 0 Å². The number of fused-ring (bicyclic) bond motifs is 1. The van der Waals surface area contributed by atoms with Crippen LogP contribution in [0.1, 0.15) is 41.5 Å².